The summed E-state index contributed by atoms with van der Waals surface area (Å²) in [6.45, 7) is 5.29. The van der Waals surface area contributed by atoms with Crippen LogP contribution in [0.15, 0.2) is 41.8 Å². The number of carbonyl (C=O) groups is 1. The van der Waals surface area contributed by atoms with Crippen molar-refractivity contribution < 1.29 is 13.2 Å². The largest absolute Gasteiger partial charge is 0.348 e. The van der Waals surface area contributed by atoms with Gasteiger partial charge in [-0.05, 0) is 37.2 Å². The van der Waals surface area contributed by atoms with Crippen molar-refractivity contribution in [3.63, 3.8) is 0 Å². The second-order valence-electron chi connectivity index (χ2n) is 4.83. The maximum absolute atomic E-state index is 12.0. The molecule has 0 bridgehead atoms. The van der Waals surface area contributed by atoms with E-state index in [1.54, 1.807) is 0 Å². The molecule has 0 saturated carbocycles. The smallest absolute Gasteiger partial charge is 0.251 e. The molecule has 0 radical (unpaired) electrons. The maximum Gasteiger partial charge on any atom is 0.251 e. The van der Waals surface area contributed by atoms with Gasteiger partial charge in [-0.15, -0.1) is 6.58 Å². The van der Waals surface area contributed by atoms with E-state index in [1.165, 1.54) is 30.3 Å². The number of hydrogen-bond acceptors (Lipinski definition) is 4. The van der Waals surface area contributed by atoms with Gasteiger partial charge >= 0.3 is 0 Å². The van der Waals surface area contributed by atoms with Crippen molar-refractivity contribution in [3.8, 4) is 0 Å². The van der Waals surface area contributed by atoms with Crippen LogP contribution >= 0.6 is 0 Å². The number of nitrogens with one attached hydrogen (secondary N) is 3. The zero-order chi connectivity index (χ0) is 15.3. The Bertz CT molecular complexity index is 605. The third-order valence-corrected chi connectivity index (χ3v) is 4.68. The van der Waals surface area contributed by atoms with Gasteiger partial charge < -0.3 is 10.6 Å². The lowest BCUT2D eigenvalue weighted by Gasteiger charge is -2.11. The minimum absolute atomic E-state index is 0.128. The first kappa shape index (κ1) is 15.7. The van der Waals surface area contributed by atoms with Crippen LogP contribution in [-0.2, 0) is 10.0 Å². The molecule has 1 aliphatic rings. The summed E-state index contributed by atoms with van der Waals surface area (Å²) in [7, 11) is -3.55. The molecule has 1 unspecified atom stereocenters. The van der Waals surface area contributed by atoms with Gasteiger partial charge in [0.15, 0.2) is 0 Å². The summed E-state index contributed by atoms with van der Waals surface area (Å²) in [5, 5.41) is 6.08. The number of sulfonamides is 1. The van der Waals surface area contributed by atoms with Crippen molar-refractivity contribution in [2.24, 2.45) is 0 Å². The number of benzene rings is 1. The van der Waals surface area contributed by atoms with Crippen LogP contribution in [0.25, 0.3) is 0 Å². The molecule has 1 aliphatic heterocycles. The minimum Gasteiger partial charge on any atom is -0.348 e. The topological polar surface area (TPSA) is 87.3 Å². The fraction of sp³-hybridized carbons (Fsp3) is 0.357. The Hall–Kier alpha value is -1.70. The van der Waals surface area contributed by atoms with Gasteiger partial charge in [0, 0.05) is 24.7 Å². The summed E-state index contributed by atoms with van der Waals surface area (Å²) in [5.41, 5.74) is 0.449. The molecule has 1 fully saturated rings. The van der Waals surface area contributed by atoms with E-state index in [2.05, 4.69) is 21.9 Å². The highest BCUT2D eigenvalue weighted by Crippen LogP contribution is 2.11. The third kappa shape index (κ3) is 4.13. The molecule has 7 heteroatoms. The van der Waals surface area contributed by atoms with Gasteiger partial charge in [-0.2, -0.15) is 0 Å². The lowest BCUT2D eigenvalue weighted by atomic mass is 10.2. The highest BCUT2D eigenvalue weighted by Gasteiger charge is 2.18. The van der Waals surface area contributed by atoms with Gasteiger partial charge in [0.05, 0.1) is 4.90 Å². The minimum atomic E-state index is -3.55. The van der Waals surface area contributed by atoms with E-state index >= 15 is 0 Å². The van der Waals surface area contributed by atoms with Crippen molar-refractivity contribution in [3.05, 3.63) is 42.5 Å². The van der Waals surface area contributed by atoms with Crippen molar-refractivity contribution >= 4 is 15.9 Å². The first-order valence-electron chi connectivity index (χ1n) is 6.75. The van der Waals surface area contributed by atoms with Gasteiger partial charge in [0.25, 0.3) is 5.91 Å². The molecule has 1 amide bonds. The highest BCUT2D eigenvalue weighted by molar-refractivity contribution is 7.89. The third-order valence-electron chi connectivity index (χ3n) is 3.24. The molecular formula is C14H19N3O3S. The van der Waals surface area contributed by atoms with Crippen LogP contribution < -0.4 is 15.4 Å². The molecule has 1 atom stereocenters. The van der Waals surface area contributed by atoms with E-state index < -0.39 is 10.0 Å². The standard InChI is InChI=1S/C14H19N3O3S/c1-2-8-16-21(19,20)13-5-3-11(4-6-13)14(18)17-12-7-9-15-10-12/h2-6,12,15-16H,1,7-10H2,(H,17,18). The first-order chi connectivity index (χ1) is 10.0. The zero-order valence-corrected chi connectivity index (χ0v) is 12.4. The quantitative estimate of drug-likeness (QED) is 0.657. The van der Waals surface area contributed by atoms with Gasteiger partial charge in [-0.3, -0.25) is 4.79 Å². The van der Waals surface area contributed by atoms with E-state index in [1.807, 2.05) is 0 Å². The Morgan fingerprint density at radius 1 is 1.38 bits per heavy atom. The van der Waals surface area contributed by atoms with Crippen LogP contribution in [0.3, 0.4) is 0 Å². The fourth-order valence-corrected chi connectivity index (χ4v) is 3.08. The van der Waals surface area contributed by atoms with Crippen LogP contribution in [0.1, 0.15) is 16.8 Å². The van der Waals surface area contributed by atoms with E-state index in [4.69, 9.17) is 0 Å². The lowest BCUT2D eigenvalue weighted by molar-refractivity contribution is 0.0940. The van der Waals surface area contributed by atoms with E-state index in [9.17, 15) is 13.2 Å². The summed E-state index contributed by atoms with van der Waals surface area (Å²) in [6, 6.07) is 6.01. The summed E-state index contributed by atoms with van der Waals surface area (Å²) < 4.78 is 26.1. The molecule has 3 N–H and O–H groups in total. The monoisotopic (exact) mass is 309 g/mol. The van der Waals surface area contributed by atoms with E-state index in [0.29, 0.717) is 5.56 Å². The molecular weight excluding hydrogens is 290 g/mol. The summed E-state index contributed by atoms with van der Waals surface area (Å²) in [5.74, 6) is -0.188. The Morgan fingerprint density at radius 2 is 2.10 bits per heavy atom. The average molecular weight is 309 g/mol. The molecule has 1 aromatic carbocycles. The maximum atomic E-state index is 12.0. The number of carbonyl (C=O) groups excluding carboxylic acids is 1. The predicted molar refractivity (Wildman–Crippen MR) is 80.6 cm³/mol. The summed E-state index contributed by atoms with van der Waals surface area (Å²) in [4.78, 5) is 12.1. The summed E-state index contributed by atoms with van der Waals surface area (Å²) in [6.07, 6.45) is 2.37. The molecule has 114 valence electrons. The number of amides is 1. The molecule has 0 aliphatic carbocycles. The Kier molecular flexibility index (Phi) is 5.11. The van der Waals surface area contributed by atoms with E-state index in [0.717, 1.165) is 19.5 Å². The van der Waals surface area contributed by atoms with Gasteiger partial charge in [-0.1, -0.05) is 6.08 Å². The molecule has 1 heterocycles. The molecule has 1 saturated heterocycles. The van der Waals surface area contributed by atoms with Crippen molar-refractivity contribution in [2.45, 2.75) is 17.4 Å². The molecule has 6 nitrogen and oxygen atoms in total. The van der Waals surface area contributed by atoms with Crippen LogP contribution in [0.2, 0.25) is 0 Å². The Balaban J connectivity index is 2.04. The second kappa shape index (κ2) is 6.84. The zero-order valence-electron chi connectivity index (χ0n) is 11.6. The average Bonchev–Trinajstić information content (AvgIpc) is 2.98. The van der Waals surface area contributed by atoms with Crippen molar-refractivity contribution in [2.75, 3.05) is 19.6 Å². The molecule has 0 spiro atoms. The highest BCUT2D eigenvalue weighted by atomic mass is 32.2. The van der Waals surface area contributed by atoms with E-state index in [-0.39, 0.29) is 23.4 Å². The van der Waals surface area contributed by atoms with Crippen molar-refractivity contribution in [1.29, 1.82) is 0 Å². The Morgan fingerprint density at radius 3 is 2.67 bits per heavy atom. The normalized spacial score (nSPS) is 18.4. The fourth-order valence-electron chi connectivity index (χ4n) is 2.08. The van der Waals surface area contributed by atoms with Gasteiger partial charge in [0.1, 0.15) is 0 Å². The van der Waals surface area contributed by atoms with Crippen LogP contribution in [0.4, 0.5) is 0 Å². The van der Waals surface area contributed by atoms with Crippen molar-refractivity contribution in [1.82, 2.24) is 15.4 Å². The molecule has 1 aromatic rings. The molecule has 21 heavy (non-hydrogen) atoms. The Labute approximate surface area is 124 Å². The summed E-state index contributed by atoms with van der Waals surface area (Å²) >= 11 is 0. The van der Waals surface area contributed by atoms with Crippen LogP contribution in [-0.4, -0.2) is 40.0 Å². The van der Waals surface area contributed by atoms with Crippen LogP contribution in [0.5, 0.6) is 0 Å². The molecule has 2 rings (SSSR count). The van der Waals surface area contributed by atoms with Crippen LogP contribution in [0, 0.1) is 0 Å². The second-order valence-corrected chi connectivity index (χ2v) is 6.60. The lowest BCUT2D eigenvalue weighted by Crippen LogP contribution is -2.36. The van der Waals surface area contributed by atoms with Gasteiger partial charge in [-0.25, -0.2) is 13.1 Å². The molecule has 0 aromatic heterocycles. The predicted octanol–water partition coefficient (Wildman–Crippen LogP) is 0.243. The SMILES string of the molecule is C=CCNS(=O)(=O)c1ccc(C(=O)NC2CCNC2)cc1. The van der Waals surface area contributed by atoms with Gasteiger partial charge in [0.2, 0.25) is 10.0 Å². The first-order valence-corrected chi connectivity index (χ1v) is 8.23. The number of rotatable bonds is 6. The number of hydrogen-bond donors (Lipinski definition) is 3.